The number of amides is 1. The van der Waals surface area contributed by atoms with Gasteiger partial charge in [-0.3, -0.25) is 4.79 Å². The molecule has 2 fully saturated rings. The fourth-order valence-corrected chi connectivity index (χ4v) is 2.54. The summed E-state index contributed by atoms with van der Waals surface area (Å²) < 4.78 is 0. The molecule has 0 bridgehead atoms. The van der Waals surface area contributed by atoms with Crippen molar-refractivity contribution in [1.29, 1.82) is 0 Å². The number of carbonyl (C=O) groups is 1. The van der Waals surface area contributed by atoms with Crippen LogP contribution in [0.25, 0.3) is 0 Å². The molecule has 1 heterocycles. The largest absolute Gasteiger partial charge is 0.508 e. The zero-order valence-corrected chi connectivity index (χ0v) is 9.10. The molecule has 1 saturated heterocycles. The van der Waals surface area contributed by atoms with Crippen molar-refractivity contribution in [3.05, 3.63) is 29.8 Å². The first-order chi connectivity index (χ1) is 7.75. The number of hydrogen-bond acceptors (Lipinski definition) is 2. The number of likely N-dealkylation sites (tertiary alicyclic amines) is 1. The zero-order chi connectivity index (χ0) is 11.1. The highest BCUT2D eigenvalue weighted by Gasteiger charge is 2.51. The van der Waals surface area contributed by atoms with E-state index < -0.39 is 0 Å². The molecule has 0 radical (unpaired) electrons. The monoisotopic (exact) mass is 217 g/mol. The number of fused-ring (bicyclic) bond motifs is 1. The van der Waals surface area contributed by atoms with E-state index in [2.05, 4.69) is 0 Å². The Kier molecular flexibility index (Phi) is 2.13. The highest BCUT2D eigenvalue weighted by molar-refractivity contribution is 5.84. The minimum Gasteiger partial charge on any atom is -0.508 e. The Hall–Kier alpha value is -1.51. The molecule has 1 N–H and O–H groups in total. The summed E-state index contributed by atoms with van der Waals surface area (Å²) in [7, 11) is 0. The van der Waals surface area contributed by atoms with Crippen molar-refractivity contribution in [2.24, 2.45) is 11.8 Å². The quantitative estimate of drug-likeness (QED) is 0.831. The molecule has 3 rings (SSSR count). The molecule has 2 atom stereocenters. The molecule has 1 aliphatic carbocycles. The van der Waals surface area contributed by atoms with Crippen LogP contribution in [0.3, 0.4) is 0 Å². The Bertz CT molecular complexity index is 430. The maximum Gasteiger partial charge on any atom is 0.226 e. The van der Waals surface area contributed by atoms with E-state index in [-0.39, 0.29) is 0 Å². The normalized spacial score (nSPS) is 27.0. The molecule has 0 aromatic heterocycles. The average Bonchev–Trinajstić information content (AvgIpc) is 2.98. The van der Waals surface area contributed by atoms with Crippen LogP contribution in [-0.2, 0) is 11.2 Å². The fourth-order valence-electron chi connectivity index (χ4n) is 2.54. The molecular weight excluding hydrogens is 202 g/mol. The number of nitrogens with zero attached hydrogens (tertiary/aromatic N) is 1. The first-order valence-corrected chi connectivity index (χ1v) is 5.81. The number of hydrogen-bond donors (Lipinski definition) is 1. The van der Waals surface area contributed by atoms with Crippen molar-refractivity contribution in [1.82, 2.24) is 4.90 Å². The third kappa shape index (κ3) is 1.56. The molecule has 1 aliphatic heterocycles. The van der Waals surface area contributed by atoms with Crippen LogP contribution >= 0.6 is 0 Å². The number of aromatic hydroxyl groups is 1. The van der Waals surface area contributed by atoms with Gasteiger partial charge in [0, 0.05) is 19.0 Å². The lowest BCUT2D eigenvalue weighted by Crippen LogP contribution is -2.30. The van der Waals surface area contributed by atoms with Gasteiger partial charge in [0.05, 0.1) is 0 Å². The molecule has 1 aromatic carbocycles. The predicted octanol–water partition coefficient (Wildman–Crippen LogP) is 1.41. The van der Waals surface area contributed by atoms with E-state index in [4.69, 9.17) is 0 Å². The minimum atomic E-state index is 0.320. The Balaban J connectivity index is 1.61. The summed E-state index contributed by atoms with van der Waals surface area (Å²) in [5.41, 5.74) is 0.927. The highest BCUT2D eigenvalue weighted by atomic mass is 16.3. The van der Waals surface area contributed by atoms with Crippen LogP contribution in [-0.4, -0.2) is 29.0 Å². The van der Waals surface area contributed by atoms with Gasteiger partial charge in [-0.1, -0.05) is 18.2 Å². The Morgan fingerprint density at radius 2 is 2.19 bits per heavy atom. The maximum absolute atomic E-state index is 11.7. The predicted molar refractivity (Wildman–Crippen MR) is 60.0 cm³/mol. The summed E-state index contributed by atoms with van der Waals surface area (Å²) in [6, 6.07) is 7.34. The van der Waals surface area contributed by atoms with Crippen LogP contribution in [0, 0.1) is 11.8 Å². The molecular formula is C13H15NO2. The second kappa shape index (κ2) is 3.51. The molecule has 3 nitrogen and oxygen atoms in total. The van der Waals surface area contributed by atoms with Crippen molar-refractivity contribution in [2.45, 2.75) is 12.8 Å². The summed E-state index contributed by atoms with van der Waals surface area (Å²) in [6.07, 6.45) is 1.85. The number of benzene rings is 1. The van der Waals surface area contributed by atoms with Gasteiger partial charge in [0.15, 0.2) is 0 Å². The van der Waals surface area contributed by atoms with E-state index in [9.17, 15) is 9.90 Å². The number of carbonyl (C=O) groups excluding carboxylic acids is 1. The van der Waals surface area contributed by atoms with Crippen LogP contribution in [0.1, 0.15) is 12.0 Å². The van der Waals surface area contributed by atoms with Gasteiger partial charge >= 0.3 is 0 Å². The van der Waals surface area contributed by atoms with Gasteiger partial charge in [0.25, 0.3) is 0 Å². The molecule has 1 aromatic rings. The highest BCUT2D eigenvalue weighted by Crippen LogP contribution is 2.45. The number of piperidine rings is 1. The van der Waals surface area contributed by atoms with E-state index in [0.717, 1.165) is 31.5 Å². The lowest BCUT2D eigenvalue weighted by atomic mass is 10.1. The first-order valence-electron chi connectivity index (χ1n) is 5.81. The second-order valence-corrected chi connectivity index (χ2v) is 4.77. The summed E-state index contributed by atoms with van der Waals surface area (Å²) in [5.74, 6) is 1.63. The van der Waals surface area contributed by atoms with Crippen LogP contribution in [0.5, 0.6) is 5.75 Å². The smallest absolute Gasteiger partial charge is 0.226 e. The van der Waals surface area contributed by atoms with E-state index >= 15 is 0 Å². The van der Waals surface area contributed by atoms with Gasteiger partial charge in [0.2, 0.25) is 5.91 Å². The van der Waals surface area contributed by atoms with Gasteiger partial charge in [-0.15, -0.1) is 0 Å². The van der Waals surface area contributed by atoms with Crippen LogP contribution < -0.4 is 0 Å². The fraction of sp³-hybridized carbons (Fsp3) is 0.462. The maximum atomic E-state index is 11.7. The molecule has 1 saturated carbocycles. The average molecular weight is 217 g/mol. The lowest BCUT2D eigenvalue weighted by molar-refractivity contribution is -0.129. The third-order valence-corrected chi connectivity index (χ3v) is 3.65. The Labute approximate surface area is 94.7 Å². The summed E-state index contributed by atoms with van der Waals surface area (Å²) in [5, 5.41) is 9.61. The minimum absolute atomic E-state index is 0.320. The van der Waals surface area contributed by atoms with Crippen LogP contribution in [0.4, 0.5) is 0 Å². The van der Waals surface area contributed by atoms with Crippen molar-refractivity contribution >= 4 is 5.91 Å². The summed E-state index contributed by atoms with van der Waals surface area (Å²) in [4.78, 5) is 13.7. The van der Waals surface area contributed by atoms with Gasteiger partial charge in [-0.05, 0) is 30.4 Å². The molecule has 3 heteroatoms. The summed E-state index contributed by atoms with van der Waals surface area (Å²) >= 11 is 0. The lowest BCUT2D eigenvalue weighted by Gasteiger charge is -2.18. The molecule has 2 unspecified atom stereocenters. The van der Waals surface area contributed by atoms with Crippen molar-refractivity contribution in [2.75, 3.05) is 13.1 Å². The van der Waals surface area contributed by atoms with Gasteiger partial charge in [-0.25, -0.2) is 0 Å². The zero-order valence-electron chi connectivity index (χ0n) is 9.10. The number of para-hydroxylation sites is 1. The van der Waals surface area contributed by atoms with Gasteiger partial charge in [-0.2, -0.15) is 0 Å². The van der Waals surface area contributed by atoms with Crippen LogP contribution in [0.2, 0.25) is 0 Å². The first kappa shape index (κ1) is 9.70. The number of phenolic OH excluding ortho intramolecular Hbond substituents is 1. The van der Waals surface area contributed by atoms with E-state index in [0.29, 0.717) is 23.5 Å². The SMILES string of the molecule is O=C1C2CC2CN1CCc1ccccc1O. The molecule has 0 spiro atoms. The van der Waals surface area contributed by atoms with E-state index in [1.54, 1.807) is 6.07 Å². The van der Waals surface area contributed by atoms with E-state index in [1.807, 2.05) is 23.1 Å². The van der Waals surface area contributed by atoms with Crippen molar-refractivity contribution < 1.29 is 9.90 Å². The van der Waals surface area contributed by atoms with Crippen molar-refractivity contribution in [3.63, 3.8) is 0 Å². The Morgan fingerprint density at radius 3 is 2.88 bits per heavy atom. The van der Waals surface area contributed by atoms with E-state index in [1.165, 1.54) is 0 Å². The topological polar surface area (TPSA) is 40.5 Å². The third-order valence-electron chi connectivity index (χ3n) is 3.65. The number of phenols is 1. The molecule has 84 valence electrons. The van der Waals surface area contributed by atoms with Crippen LogP contribution in [0.15, 0.2) is 24.3 Å². The molecule has 2 aliphatic rings. The number of rotatable bonds is 3. The molecule has 16 heavy (non-hydrogen) atoms. The molecule has 1 amide bonds. The van der Waals surface area contributed by atoms with Gasteiger partial charge in [0.1, 0.15) is 5.75 Å². The Morgan fingerprint density at radius 1 is 1.38 bits per heavy atom. The van der Waals surface area contributed by atoms with Gasteiger partial charge < -0.3 is 10.0 Å². The summed E-state index contributed by atoms with van der Waals surface area (Å²) in [6.45, 7) is 1.67. The second-order valence-electron chi connectivity index (χ2n) is 4.77. The standard InChI is InChI=1S/C13H15NO2/c15-12-4-2-1-3-9(12)5-6-14-8-10-7-11(10)13(14)16/h1-4,10-11,15H,5-8H2. The van der Waals surface area contributed by atoms with Crippen molar-refractivity contribution in [3.8, 4) is 5.75 Å².